The molecule has 3 heteroatoms. The second-order valence-corrected chi connectivity index (χ2v) is 2.98. The minimum absolute atomic E-state index is 0.266. The smallest absolute Gasteiger partial charge is 0.311 e. The number of carbonyl (C=O) groups is 1. The summed E-state index contributed by atoms with van der Waals surface area (Å²) in [5.74, 6) is -0.536. The molecule has 1 aliphatic rings. The largest absolute Gasteiger partial charge is 0.469 e. The zero-order valence-corrected chi connectivity index (χ0v) is 6.75. The van der Waals surface area contributed by atoms with E-state index in [1.54, 1.807) is 0 Å². The third-order valence-electron chi connectivity index (χ3n) is 2.23. The molecule has 1 rings (SSSR count). The predicted molar refractivity (Wildman–Crippen MR) is 40.0 cm³/mol. The highest BCUT2D eigenvalue weighted by Gasteiger charge is 2.29. The van der Waals surface area contributed by atoms with Crippen molar-refractivity contribution >= 4 is 5.97 Å². The van der Waals surface area contributed by atoms with E-state index < -0.39 is 6.10 Å². The molecule has 0 aliphatic heterocycles. The Bertz CT molecular complexity index is 144. The van der Waals surface area contributed by atoms with E-state index in [9.17, 15) is 9.90 Å². The molecule has 0 aromatic carbocycles. The molecule has 0 saturated heterocycles. The minimum atomic E-state index is -0.476. The fourth-order valence-electron chi connectivity index (χ4n) is 1.54. The molecule has 1 aliphatic carbocycles. The first-order valence-electron chi connectivity index (χ1n) is 4.01. The molecule has 2 atom stereocenters. The van der Waals surface area contributed by atoms with Crippen LogP contribution in [0, 0.1) is 5.92 Å². The lowest BCUT2D eigenvalue weighted by atomic mass is 9.87. The van der Waals surface area contributed by atoms with Crippen LogP contribution in [0.4, 0.5) is 0 Å². The number of esters is 1. The SMILES string of the molecule is COC(=O)[C@H]1CCCC[C@H]1O. The average molecular weight is 158 g/mol. The lowest BCUT2D eigenvalue weighted by Gasteiger charge is -2.24. The maximum absolute atomic E-state index is 11.0. The van der Waals surface area contributed by atoms with Crippen molar-refractivity contribution in [3.8, 4) is 0 Å². The Kier molecular flexibility index (Phi) is 2.88. The van der Waals surface area contributed by atoms with Crippen molar-refractivity contribution in [2.24, 2.45) is 5.92 Å². The van der Waals surface area contributed by atoms with Gasteiger partial charge in [0.05, 0.1) is 19.1 Å². The van der Waals surface area contributed by atoms with Gasteiger partial charge in [0.15, 0.2) is 0 Å². The standard InChI is InChI=1S/C8H14O3/c1-11-8(10)6-4-2-3-5-7(6)9/h6-7,9H,2-5H2,1H3/t6-,7+/m0/s1. The van der Waals surface area contributed by atoms with E-state index in [2.05, 4.69) is 4.74 Å². The van der Waals surface area contributed by atoms with Gasteiger partial charge >= 0.3 is 5.97 Å². The van der Waals surface area contributed by atoms with Crippen molar-refractivity contribution in [2.75, 3.05) is 7.11 Å². The van der Waals surface area contributed by atoms with Crippen molar-refractivity contribution < 1.29 is 14.6 Å². The van der Waals surface area contributed by atoms with Gasteiger partial charge in [0.25, 0.3) is 0 Å². The van der Waals surface area contributed by atoms with Crippen LogP contribution < -0.4 is 0 Å². The minimum Gasteiger partial charge on any atom is -0.469 e. The van der Waals surface area contributed by atoms with Crippen molar-refractivity contribution in [3.63, 3.8) is 0 Å². The number of aliphatic hydroxyl groups excluding tert-OH is 1. The van der Waals surface area contributed by atoms with Crippen LogP contribution in [-0.2, 0) is 9.53 Å². The summed E-state index contributed by atoms with van der Waals surface area (Å²) in [7, 11) is 1.36. The second kappa shape index (κ2) is 3.72. The monoisotopic (exact) mass is 158 g/mol. The number of ether oxygens (including phenoxy) is 1. The molecule has 3 nitrogen and oxygen atoms in total. The summed E-state index contributed by atoms with van der Waals surface area (Å²) < 4.78 is 4.56. The van der Waals surface area contributed by atoms with E-state index in [0.717, 1.165) is 25.7 Å². The van der Waals surface area contributed by atoms with Gasteiger partial charge in [-0.25, -0.2) is 0 Å². The quantitative estimate of drug-likeness (QED) is 0.572. The summed E-state index contributed by atoms with van der Waals surface area (Å²) >= 11 is 0. The molecule has 0 radical (unpaired) electrons. The average Bonchev–Trinajstić information content (AvgIpc) is 2.04. The van der Waals surface area contributed by atoms with Gasteiger partial charge < -0.3 is 9.84 Å². The molecule has 1 N–H and O–H groups in total. The first-order valence-corrected chi connectivity index (χ1v) is 4.01. The number of hydrogen-bond acceptors (Lipinski definition) is 3. The van der Waals surface area contributed by atoms with E-state index in [1.807, 2.05) is 0 Å². The van der Waals surface area contributed by atoms with E-state index in [-0.39, 0.29) is 11.9 Å². The third kappa shape index (κ3) is 1.93. The molecule has 0 spiro atoms. The Labute approximate surface area is 66.4 Å². The van der Waals surface area contributed by atoms with Crippen LogP contribution in [0.5, 0.6) is 0 Å². The van der Waals surface area contributed by atoms with E-state index >= 15 is 0 Å². The first kappa shape index (κ1) is 8.53. The highest BCUT2D eigenvalue weighted by molar-refractivity contribution is 5.73. The number of aliphatic hydroxyl groups is 1. The molecule has 1 saturated carbocycles. The number of rotatable bonds is 1. The Morgan fingerprint density at radius 3 is 2.64 bits per heavy atom. The summed E-state index contributed by atoms with van der Waals surface area (Å²) in [5, 5.41) is 9.37. The van der Waals surface area contributed by atoms with Gasteiger partial charge in [0.1, 0.15) is 0 Å². The summed E-state index contributed by atoms with van der Waals surface area (Å²) in [6.45, 7) is 0. The van der Waals surface area contributed by atoms with E-state index in [4.69, 9.17) is 0 Å². The molecule has 64 valence electrons. The number of methoxy groups -OCH3 is 1. The number of hydrogen-bond donors (Lipinski definition) is 1. The Hall–Kier alpha value is -0.570. The molecule has 0 unspecified atom stereocenters. The molecule has 0 aromatic heterocycles. The van der Waals surface area contributed by atoms with Crippen molar-refractivity contribution in [1.29, 1.82) is 0 Å². The maximum Gasteiger partial charge on any atom is 0.311 e. The van der Waals surface area contributed by atoms with Crippen LogP contribution in [-0.4, -0.2) is 24.3 Å². The Morgan fingerprint density at radius 2 is 2.09 bits per heavy atom. The van der Waals surface area contributed by atoms with Crippen LogP contribution in [0.2, 0.25) is 0 Å². The maximum atomic E-state index is 11.0. The summed E-state index contributed by atoms with van der Waals surface area (Å²) in [6.07, 6.45) is 3.08. The fourth-order valence-corrected chi connectivity index (χ4v) is 1.54. The van der Waals surface area contributed by atoms with Crippen LogP contribution >= 0.6 is 0 Å². The summed E-state index contributed by atoms with van der Waals surface area (Å²) in [5.41, 5.74) is 0. The zero-order valence-electron chi connectivity index (χ0n) is 6.75. The van der Waals surface area contributed by atoms with Gasteiger partial charge in [-0.05, 0) is 12.8 Å². The second-order valence-electron chi connectivity index (χ2n) is 2.98. The van der Waals surface area contributed by atoms with Crippen LogP contribution in [0.25, 0.3) is 0 Å². The normalized spacial score (nSPS) is 31.5. The lowest BCUT2D eigenvalue weighted by molar-refractivity contribution is -0.151. The summed E-state index contributed by atoms with van der Waals surface area (Å²) in [4.78, 5) is 11.0. The number of carbonyl (C=O) groups excluding carboxylic acids is 1. The molecule has 0 aromatic rings. The van der Waals surface area contributed by atoms with E-state index in [1.165, 1.54) is 7.11 Å². The summed E-state index contributed by atoms with van der Waals surface area (Å²) in [6, 6.07) is 0. The van der Waals surface area contributed by atoms with Gasteiger partial charge in [-0.2, -0.15) is 0 Å². The van der Waals surface area contributed by atoms with Crippen LogP contribution in [0.15, 0.2) is 0 Å². The van der Waals surface area contributed by atoms with Gasteiger partial charge in [-0.15, -0.1) is 0 Å². The molecule has 0 amide bonds. The zero-order chi connectivity index (χ0) is 8.27. The molecule has 0 bridgehead atoms. The molecule has 11 heavy (non-hydrogen) atoms. The van der Waals surface area contributed by atoms with Crippen molar-refractivity contribution in [1.82, 2.24) is 0 Å². The Balaban J connectivity index is 2.47. The van der Waals surface area contributed by atoms with Gasteiger partial charge in [0.2, 0.25) is 0 Å². The molecule has 0 heterocycles. The van der Waals surface area contributed by atoms with Gasteiger partial charge in [0, 0.05) is 0 Å². The van der Waals surface area contributed by atoms with Crippen LogP contribution in [0.3, 0.4) is 0 Å². The first-order chi connectivity index (χ1) is 5.25. The van der Waals surface area contributed by atoms with Crippen molar-refractivity contribution in [3.05, 3.63) is 0 Å². The molecular formula is C8H14O3. The highest BCUT2D eigenvalue weighted by Crippen LogP contribution is 2.24. The predicted octanol–water partition coefficient (Wildman–Crippen LogP) is 0.710. The van der Waals surface area contributed by atoms with E-state index in [0.29, 0.717) is 0 Å². The van der Waals surface area contributed by atoms with Crippen molar-refractivity contribution in [2.45, 2.75) is 31.8 Å². The lowest BCUT2D eigenvalue weighted by Crippen LogP contribution is -2.31. The van der Waals surface area contributed by atoms with Gasteiger partial charge in [-0.3, -0.25) is 4.79 Å². The third-order valence-corrected chi connectivity index (χ3v) is 2.23. The van der Waals surface area contributed by atoms with Crippen LogP contribution in [0.1, 0.15) is 25.7 Å². The highest BCUT2D eigenvalue weighted by atomic mass is 16.5. The molecular weight excluding hydrogens is 144 g/mol. The van der Waals surface area contributed by atoms with Gasteiger partial charge in [-0.1, -0.05) is 12.8 Å². The Morgan fingerprint density at radius 1 is 1.45 bits per heavy atom. The fraction of sp³-hybridized carbons (Fsp3) is 0.875. The topological polar surface area (TPSA) is 46.5 Å². The molecule has 1 fully saturated rings.